The van der Waals surface area contributed by atoms with Gasteiger partial charge in [0.2, 0.25) is 0 Å². The molecule has 1 N–H and O–H groups in total. The van der Waals surface area contributed by atoms with Gasteiger partial charge in [-0.1, -0.05) is 0 Å². The minimum absolute atomic E-state index is 0.724. The predicted octanol–water partition coefficient (Wildman–Crippen LogP) is 3.02. The lowest BCUT2D eigenvalue weighted by atomic mass is 9.94. The molecule has 0 spiro atoms. The molecule has 108 valence electrons. The molecule has 1 fully saturated rings. The van der Waals surface area contributed by atoms with Crippen LogP contribution in [0.15, 0.2) is 35.8 Å². The minimum atomic E-state index is 0.724. The highest BCUT2D eigenvalue weighted by Crippen LogP contribution is 2.26. The topological polar surface area (TPSA) is 42.7 Å². The zero-order valence-electron chi connectivity index (χ0n) is 11.8. The molecule has 0 radical (unpaired) electrons. The van der Waals surface area contributed by atoms with E-state index in [9.17, 15) is 0 Å². The maximum absolute atomic E-state index is 4.85. The zero-order chi connectivity index (χ0) is 14.1. The minimum Gasteiger partial charge on any atom is -0.317 e. The third-order valence-electron chi connectivity index (χ3n) is 4.14. The number of imidazole rings is 1. The summed E-state index contributed by atoms with van der Waals surface area (Å²) in [5, 5.41) is 6.75. The van der Waals surface area contributed by atoms with Crippen molar-refractivity contribution in [1.82, 2.24) is 19.9 Å². The molecule has 0 amide bonds. The first-order valence-corrected chi connectivity index (χ1v) is 8.37. The van der Waals surface area contributed by atoms with Crippen molar-refractivity contribution in [2.75, 3.05) is 13.1 Å². The number of fused-ring (bicyclic) bond motifs is 1. The van der Waals surface area contributed by atoms with E-state index in [1.54, 1.807) is 11.3 Å². The molecule has 21 heavy (non-hydrogen) atoms. The summed E-state index contributed by atoms with van der Waals surface area (Å²) in [6, 6.07) is 8.25. The van der Waals surface area contributed by atoms with Crippen LogP contribution < -0.4 is 5.32 Å². The van der Waals surface area contributed by atoms with Gasteiger partial charge < -0.3 is 5.32 Å². The summed E-state index contributed by atoms with van der Waals surface area (Å²) in [7, 11) is 0. The first kappa shape index (κ1) is 13.0. The number of hydrogen-bond acceptors (Lipinski definition) is 4. The van der Waals surface area contributed by atoms with E-state index in [-0.39, 0.29) is 0 Å². The molecule has 0 aliphatic carbocycles. The Morgan fingerprint density at radius 2 is 2.14 bits per heavy atom. The van der Waals surface area contributed by atoms with E-state index in [0.29, 0.717) is 0 Å². The fourth-order valence-electron chi connectivity index (χ4n) is 3.07. The lowest BCUT2D eigenvalue weighted by Crippen LogP contribution is -2.29. The number of hydrogen-bond donors (Lipinski definition) is 1. The van der Waals surface area contributed by atoms with Gasteiger partial charge in [-0.25, -0.2) is 9.97 Å². The molecule has 4 nitrogen and oxygen atoms in total. The van der Waals surface area contributed by atoms with Gasteiger partial charge in [0, 0.05) is 12.6 Å². The molecular formula is C16H18N4S. The second kappa shape index (κ2) is 5.58. The predicted molar refractivity (Wildman–Crippen MR) is 86.0 cm³/mol. The number of rotatable bonds is 3. The SMILES string of the molecule is c1csc(-n2c(CC3CCNCC3)nc3cccnc32)c1. The Balaban J connectivity index is 1.78. The Kier molecular flexibility index (Phi) is 3.45. The molecule has 1 saturated heterocycles. The van der Waals surface area contributed by atoms with Crippen LogP contribution in [0.4, 0.5) is 0 Å². The molecule has 3 aromatic heterocycles. The van der Waals surface area contributed by atoms with E-state index >= 15 is 0 Å². The molecule has 5 heteroatoms. The van der Waals surface area contributed by atoms with Crippen LogP contribution >= 0.6 is 11.3 Å². The van der Waals surface area contributed by atoms with E-state index in [1.807, 2.05) is 12.3 Å². The van der Waals surface area contributed by atoms with Gasteiger partial charge in [-0.05, 0) is 61.5 Å². The van der Waals surface area contributed by atoms with Crippen LogP contribution in [0.2, 0.25) is 0 Å². The van der Waals surface area contributed by atoms with Crippen molar-refractivity contribution < 1.29 is 0 Å². The van der Waals surface area contributed by atoms with Gasteiger partial charge in [-0.15, -0.1) is 11.3 Å². The van der Waals surface area contributed by atoms with E-state index in [4.69, 9.17) is 4.98 Å². The Morgan fingerprint density at radius 1 is 1.24 bits per heavy atom. The van der Waals surface area contributed by atoms with Crippen molar-refractivity contribution in [3.05, 3.63) is 41.7 Å². The van der Waals surface area contributed by atoms with Crippen molar-refractivity contribution >= 4 is 22.5 Å². The van der Waals surface area contributed by atoms with Crippen LogP contribution in [-0.4, -0.2) is 27.6 Å². The molecule has 0 saturated carbocycles. The van der Waals surface area contributed by atoms with Crippen molar-refractivity contribution in [1.29, 1.82) is 0 Å². The zero-order valence-corrected chi connectivity index (χ0v) is 12.6. The molecule has 0 unspecified atom stereocenters. The van der Waals surface area contributed by atoms with Gasteiger partial charge in [0.05, 0.1) is 0 Å². The van der Waals surface area contributed by atoms with Crippen molar-refractivity contribution in [3.63, 3.8) is 0 Å². The largest absolute Gasteiger partial charge is 0.317 e. The van der Waals surface area contributed by atoms with Crippen molar-refractivity contribution in [2.45, 2.75) is 19.3 Å². The number of nitrogens with one attached hydrogen (secondary N) is 1. The lowest BCUT2D eigenvalue weighted by Gasteiger charge is -2.22. The second-order valence-corrected chi connectivity index (χ2v) is 6.48. The van der Waals surface area contributed by atoms with E-state index in [2.05, 4.69) is 38.4 Å². The van der Waals surface area contributed by atoms with Gasteiger partial charge >= 0.3 is 0 Å². The molecule has 3 aromatic rings. The molecule has 0 aromatic carbocycles. The van der Waals surface area contributed by atoms with Gasteiger partial charge in [-0.3, -0.25) is 4.57 Å². The molecule has 4 heterocycles. The maximum Gasteiger partial charge on any atom is 0.165 e. The molecule has 0 atom stereocenters. The highest BCUT2D eigenvalue weighted by molar-refractivity contribution is 7.12. The van der Waals surface area contributed by atoms with E-state index in [1.165, 1.54) is 17.8 Å². The van der Waals surface area contributed by atoms with Gasteiger partial charge in [0.1, 0.15) is 16.3 Å². The monoisotopic (exact) mass is 298 g/mol. The summed E-state index contributed by atoms with van der Waals surface area (Å²) < 4.78 is 2.24. The number of pyridine rings is 1. The Labute approximate surface area is 127 Å². The lowest BCUT2D eigenvalue weighted by molar-refractivity contribution is 0.366. The Bertz CT molecular complexity index is 726. The summed E-state index contributed by atoms with van der Waals surface area (Å²) >= 11 is 1.74. The average molecular weight is 298 g/mol. The summed E-state index contributed by atoms with van der Waals surface area (Å²) in [4.78, 5) is 9.40. The van der Waals surface area contributed by atoms with Crippen LogP contribution in [-0.2, 0) is 6.42 Å². The van der Waals surface area contributed by atoms with Crippen LogP contribution in [0.3, 0.4) is 0 Å². The van der Waals surface area contributed by atoms with E-state index < -0.39 is 0 Å². The van der Waals surface area contributed by atoms with Crippen molar-refractivity contribution in [2.24, 2.45) is 5.92 Å². The number of thiophene rings is 1. The number of piperidine rings is 1. The maximum atomic E-state index is 4.85. The van der Waals surface area contributed by atoms with Crippen LogP contribution in [0, 0.1) is 5.92 Å². The first-order chi connectivity index (χ1) is 10.4. The normalized spacial score (nSPS) is 16.6. The molecule has 1 aliphatic heterocycles. The molecule has 1 aliphatic rings. The Morgan fingerprint density at radius 3 is 2.95 bits per heavy atom. The fourth-order valence-corrected chi connectivity index (χ4v) is 3.82. The van der Waals surface area contributed by atoms with Crippen LogP contribution in [0.25, 0.3) is 16.2 Å². The highest BCUT2D eigenvalue weighted by Gasteiger charge is 2.19. The summed E-state index contributed by atoms with van der Waals surface area (Å²) in [6.07, 6.45) is 5.36. The fraction of sp³-hybridized carbons (Fsp3) is 0.375. The first-order valence-electron chi connectivity index (χ1n) is 7.49. The highest BCUT2D eigenvalue weighted by atomic mass is 32.1. The number of aromatic nitrogens is 3. The van der Waals surface area contributed by atoms with Gasteiger partial charge in [0.15, 0.2) is 5.65 Å². The molecule has 0 bridgehead atoms. The Hall–Kier alpha value is -1.72. The summed E-state index contributed by atoms with van der Waals surface area (Å²) in [5.74, 6) is 1.87. The standard InChI is InChI=1S/C16H18N4S/c1-3-13-16(18-7-1)20(15-4-2-10-21-15)14(19-13)11-12-5-8-17-9-6-12/h1-4,7,10,12,17H,5-6,8-9,11H2. The van der Waals surface area contributed by atoms with Crippen molar-refractivity contribution in [3.8, 4) is 5.00 Å². The average Bonchev–Trinajstić information content (AvgIpc) is 3.14. The van der Waals surface area contributed by atoms with Crippen LogP contribution in [0.1, 0.15) is 18.7 Å². The molecular weight excluding hydrogens is 280 g/mol. The quantitative estimate of drug-likeness (QED) is 0.808. The summed E-state index contributed by atoms with van der Waals surface area (Å²) in [5.41, 5.74) is 1.97. The second-order valence-electron chi connectivity index (χ2n) is 5.56. The van der Waals surface area contributed by atoms with Gasteiger partial charge in [0.25, 0.3) is 0 Å². The third-order valence-corrected chi connectivity index (χ3v) is 5.00. The third kappa shape index (κ3) is 2.47. The summed E-state index contributed by atoms with van der Waals surface area (Å²) in [6.45, 7) is 2.25. The number of nitrogens with zero attached hydrogens (tertiary/aromatic N) is 3. The van der Waals surface area contributed by atoms with Crippen LogP contribution in [0.5, 0.6) is 0 Å². The smallest absolute Gasteiger partial charge is 0.165 e. The van der Waals surface area contributed by atoms with E-state index in [0.717, 1.165) is 42.4 Å². The van der Waals surface area contributed by atoms with Gasteiger partial charge in [-0.2, -0.15) is 0 Å². The molecule has 4 rings (SSSR count).